The summed E-state index contributed by atoms with van der Waals surface area (Å²) in [5.41, 5.74) is 5.32. The van der Waals surface area contributed by atoms with Crippen molar-refractivity contribution in [1.29, 1.82) is 0 Å². The molecular weight excluding hydrogens is 372 g/mol. The number of carbonyl (C=O) groups is 2. The highest BCUT2D eigenvalue weighted by molar-refractivity contribution is 5.93. The monoisotopic (exact) mass is 398 g/mol. The van der Waals surface area contributed by atoms with Crippen molar-refractivity contribution in [3.63, 3.8) is 0 Å². The minimum absolute atomic E-state index is 0.0124. The molecule has 1 unspecified atom stereocenters. The van der Waals surface area contributed by atoms with Crippen LogP contribution >= 0.6 is 0 Å². The first-order chi connectivity index (χ1) is 14.6. The maximum Gasteiger partial charge on any atom is 0.224 e. The highest BCUT2D eigenvalue weighted by Crippen LogP contribution is 2.29. The van der Waals surface area contributed by atoms with Crippen LogP contribution in [0.15, 0.2) is 78.9 Å². The Balaban J connectivity index is 1.48. The lowest BCUT2D eigenvalue weighted by molar-refractivity contribution is -0.122. The van der Waals surface area contributed by atoms with Gasteiger partial charge >= 0.3 is 0 Å². The Morgan fingerprint density at radius 2 is 1.53 bits per heavy atom. The summed E-state index contributed by atoms with van der Waals surface area (Å²) in [5, 5.41) is 6.06. The molecule has 2 amide bonds. The molecule has 3 aromatic rings. The third-order valence-corrected chi connectivity index (χ3v) is 5.70. The zero-order chi connectivity index (χ0) is 20.9. The summed E-state index contributed by atoms with van der Waals surface area (Å²) in [6.45, 7) is 2.00. The van der Waals surface area contributed by atoms with Crippen LogP contribution in [-0.2, 0) is 16.0 Å². The summed E-state index contributed by atoms with van der Waals surface area (Å²) >= 11 is 0. The van der Waals surface area contributed by atoms with Gasteiger partial charge < -0.3 is 10.6 Å². The molecular formula is C26H26N2O2. The highest BCUT2D eigenvalue weighted by atomic mass is 16.2. The van der Waals surface area contributed by atoms with E-state index in [1.54, 1.807) is 0 Å². The van der Waals surface area contributed by atoms with E-state index in [2.05, 4.69) is 41.0 Å². The first-order valence-corrected chi connectivity index (χ1v) is 10.4. The Kier molecular flexibility index (Phi) is 5.94. The predicted molar refractivity (Wildman–Crippen MR) is 119 cm³/mol. The third-order valence-electron chi connectivity index (χ3n) is 5.70. The fraction of sp³-hybridized carbons (Fsp3) is 0.231. The number of anilines is 1. The van der Waals surface area contributed by atoms with Crippen LogP contribution in [0.4, 0.5) is 5.69 Å². The number of amides is 2. The van der Waals surface area contributed by atoms with Gasteiger partial charge in [0.15, 0.2) is 0 Å². The van der Waals surface area contributed by atoms with Crippen LogP contribution in [-0.4, -0.2) is 11.8 Å². The third kappa shape index (κ3) is 4.60. The maximum absolute atomic E-state index is 12.9. The Bertz CT molecular complexity index is 992. The van der Waals surface area contributed by atoms with Crippen molar-refractivity contribution in [1.82, 2.24) is 5.32 Å². The number of nitrogens with one attached hydrogen (secondary N) is 2. The average Bonchev–Trinajstić information content (AvgIpc) is 2.78. The van der Waals surface area contributed by atoms with Crippen LogP contribution < -0.4 is 10.6 Å². The zero-order valence-electron chi connectivity index (χ0n) is 17.1. The molecule has 4 rings (SSSR count). The summed E-state index contributed by atoms with van der Waals surface area (Å²) in [6.07, 6.45) is 1.63. The number of hydrogen-bond donors (Lipinski definition) is 2. The largest absolute Gasteiger partial charge is 0.350 e. The van der Waals surface area contributed by atoms with E-state index in [0.717, 1.165) is 34.4 Å². The summed E-state index contributed by atoms with van der Waals surface area (Å²) in [5.74, 6) is 0.0917. The maximum atomic E-state index is 12.9. The van der Waals surface area contributed by atoms with Crippen molar-refractivity contribution in [3.05, 3.63) is 101 Å². The summed E-state index contributed by atoms with van der Waals surface area (Å²) in [7, 11) is 0. The molecule has 1 heterocycles. The number of hydrogen-bond acceptors (Lipinski definition) is 2. The number of benzene rings is 3. The fourth-order valence-electron chi connectivity index (χ4n) is 4.04. The van der Waals surface area contributed by atoms with Crippen LogP contribution in [0, 0.1) is 0 Å². The second-order valence-corrected chi connectivity index (χ2v) is 7.83. The minimum Gasteiger partial charge on any atom is -0.350 e. The van der Waals surface area contributed by atoms with Gasteiger partial charge in [-0.2, -0.15) is 0 Å². The SMILES string of the molecule is CC(NC(=O)CC(c1ccccc1)c1ccccc1)c1ccc2c(c1)CCC(=O)N2. The van der Waals surface area contributed by atoms with Crippen molar-refractivity contribution in [3.8, 4) is 0 Å². The quantitative estimate of drug-likeness (QED) is 0.616. The molecule has 0 saturated carbocycles. The Morgan fingerprint density at radius 1 is 0.900 bits per heavy atom. The lowest BCUT2D eigenvalue weighted by Gasteiger charge is -2.22. The van der Waals surface area contributed by atoms with Gasteiger partial charge in [0, 0.05) is 24.4 Å². The molecule has 2 N–H and O–H groups in total. The van der Waals surface area contributed by atoms with Crippen LogP contribution in [0.25, 0.3) is 0 Å². The number of rotatable bonds is 6. The molecule has 0 spiro atoms. The van der Waals surface area contributed by atoms with Gasteiger partial charge in [-0.15, -0.1) is 0 Å². The Hall–Kier alpha value is -3.40. The molecule has 0 aliphatic carbocycles. The van der Waals surface area contributed by atoms with E-state index in [1.807, 2.05) is 55.5 Å². The number of carbonyl (C=O) groups excluding carboxylic acids is 2. The lowest BCUT2D eigenvalue weighted by atomic mass is 9.88. The van der Waals surface area contributed by atoms with Gasteiger partial charge in [-0.25, -0.2) is 0 Å². The van der Waals surface area contributed by atoms with E-state index in [0.29, 0.717) is 12.8 Å². The first-order valence-electron chi connectivity index (χ1n) is 10.4. The normalized spacial score (nSPS) is 14.0. The second-order valence-electron chi connectivity index (χ2n) is 7.83. The highest BCUT2D eigenvalue weighted by Gasteiger charge is 2.21. The Morgan fingerprint density at radius 3 is 2.17 bits per heavy atom. The fourth-order valence-corrected chi connectivity index (χ4v) is 4.04. The zero-order valence-corrected chi connectivity index (χ0v) is 17.1. The molecule has 30 heavy (non-hydrogen) atoms. The number of aryl methyl sites for hydroxylation is 1. The summed E-state index contributed by atoms with van der Waals surface area (Å²) in [6, 6.07) is 26.2. The van der Waals surface area contributed by atoms with E-state index < -0.39 is 0 Å². The molecule has 0 bridgehead atoms. The van der Waals surface area contributed by atoms with Crippen LogP contribution in [0.5, 0.6) is 0 Å². The van der Waals surface area contributed by atoms with E-state index in [1.165, 1.54) is 0 Å². The van der Waals surface area contributed by atoms with E-state index >= 15 is 0 Å². The number of fused-ring (bicyclic) bond motifs is 1. The van der Waals surface area contributed by atoms with E-state index in [4.69, 9.17) is 0 Å². The molecule has 0 radical (unpaired) electrons. The molecule has 4 nitrogen and oxygen atoms in total. The van der Waals surface area contributed by atoms with Crippen molar-refractivity contribution in [2.75, 3.05) is 5.32 Å². The van der Waals surface area contributed by atoms with Crippen LogP contribution in [0.1, 0.15) is 54.0 Å². The smallest absolute Gasteiger partial charge is 0.224 e. The summed E-state index contributed by atoms with van der Waals surface area (Å²) < 4.78 is 0. The van der Waals surface area contributed by atoms with E-state index in [-0.39, 0.29) is 23.8 Å². The van der Waals surface area contributed by atoms with Crippen molar-refractivity contribution >= 4 is 17.5 Å². The molecule has 3 aromatic carbocycles. The van der Waals surface area contributed by atoms with Crippen molar-refractivity contribution in [2.45, 2.75) is 38.1 Å². The van der Waals surface area contributed by atoms with Gasteiger partial charge in [0.25, 0.3) is 0 Å². The van der Waals surface area contributed by atoms with Gasteiger partial charge in [-0.3, -0.25) is 9.59 Å². The topological polar surface area (TPSA) is 58.2 Å². The molecule has 0 aromatic heterocycles. The van der Waals surface area contributed by atoms with Crippen LogP contribution in [0.2, 0.25) is 0 Å². The van der Waals surface area contributed by atoms with Crippen LogP contribution in [0.3, 0.4) is 0 Å². The molecule has 1 atom stereocenters. The molecule has 1 aliphatic heterocycles. The minimum atomic E-state index is -0.104. The van der Waals surface area contributed by atoms with Gasteiger partial charge in [-0.05, 0) is 41.7 Å². The molecule has 0 fully saturated rings. The van der Waals surface area contributed by atoms with Gasteiger partial charge in [-0.1, -0.05) is 72.8 Å². The molecule has 4 heteroatoms. The predicted octanol–water partition coefficient (Wildman–Crippen LogP) is 4.97. The van der Waals surface area contributed by atoms with Gasteiger partial charge in [0.1, 0.15) is 0 Å². The van der Waals surface area contributed by atoms with Gasteiger partial charge in [0.05, 0.1) is 6.04 Å². The standard InChI is InChI=1S/C26H26N2O2/c1-18(21-12-14-24-22(16-21)13-15-25(29)28-24)27-26(30)17-23(19-8-4-2-5-9-19)20-10-6-3-7-11-20/h2-12,14,16,18,23H,13,15,17H2,1H3,(H,27,30)(H,28,29). The molecule has 0 saturated heterocycles. The van der Waals surface area contributed by atoms with Crippen molar-refractivity contribution < 1.29 is 9.59 Å². The average molecular weight is 399 g/mol. The molecule has 152 valence electrons. The van der Waals surface area contributed by atoms with Crippen molar-refractivity contribution in [2.24, 2.45) is 0 Å². The van der Waals surface area contributed by atoms with E-state index in [9.17, 15) is 9.59 Å². The summed E-state index contributed by atoms with van der Waals surface area (Å²) in [4.78, 5) is 24.5. The van der Waals surface area contributed by atoms with Gasteiger partial charge in [0.2, 0.25) is 11.8 Å². The molecule has 1 aliphatic rings. The first kappa shape index (κ1) is 19.9. The lowest BCUT2D eigenvalue weighted by Crippen LogP contribution is -2.28. The Labute approximate surface area is 177 Å². The second kappa shape index (κ2) is 8.95.